The summed E-state index contributed by atoms with van der Waals surface area (Å²) in [6, 6.07) is 0. The monoisotopic (exact) mass is 168 g/mol. The Balaban J connectivity index is 4.26. The van der Waals surface area contributed by atoms with Crippen molar-refractivity contribution in [3.63, 3.8) is 0 Å². The molecule has 1 atom stereocenters. The van der Waals surface area contributed by atoms with Crippen molar-refractivity contribution in [3.05, 3.63) is 36.2 Å². The highest BCUT2D eigenvalue weighted by atomic mass is 19.1. The van der Waals surface area contributed by atoms with Crippen molar-refractivity contribution in [2.24, 2.45) is 5.92 Å². The summed E-state index contributed by atoms with van der Waals surface area (Å²) in [5.74, 6) is 0.247. The minimum absolute atomic E-state index is 0.280. The van der Waals surface area contributed by atoms with Crippen LogP contribution in [0.4, 0.5) is 4.39 Å². The second kappa shape index (κ2) is 5.76. The predicted molar refractivity (Wildman–Crippen MR) is 52.6 cm³/mol. The number of rotatable bonds is 4. The molecule has 0 bridgehead atoms. The summed E-state index contributed by atoms with van der Waals surface area (Å²) in [6.07, 6.45) is 5.56. The molecule has 0 nitrogen and oxygen atoms in total. The van der Waals surface area contributed by atoms with Gasteiger partial charge in [0.15, 0.2) is 0 Å². The molecule has 1 unspecified atom stereocenters. The maximum absolute atomic E-state index is 12.6. The van der Waals surface area contributed by atoms with Crippen LogP contribution < -0.4 is 0 Å². The molecule has 0 spiro atoms. The molecule has 0 amide bonds. The quantitative estimate of drug-likeness (QED) is 0.556. The van der Waals surface area contributed by atoms with Crippen molar-refractivity contribution >= 4 is 0 Å². The zero-order chi connectivity index (χ0) is 9.56. The lowest BCUT2D eigenvalue weighted by molar-refractivity contribution is 0.651. The van der Waals surface area contributed by atoms with E-state index in [9.17, 15) is 4.39 Å². The lowest BCUT2D eigenvalue weighted by Gasteiger charge is -2.06. The highest BCUT2D eigenvalue weighted by molar-refractivity contribution is 5.19. The predicted octanol–water partition coefficient (Wildman–Crippen LogP) is 4.02. The number of allylic oxidation sites excluding steroid dienone is 5. The van der Waals surface area contributed by atoms with Crippen LogP contribution in [0.25, 0.3) is 0 Å². The molecule has 0 N–H and O–H groups in total. The molecule has 0 aliphatic heterocycles. The van der Waals surface area contributed by atoms with E-state index in [2.05, 4.69) is 20.4 Å². The van der Waals surface area contributed by atoms with E-state index in [4.69, 9.17) is 0 Å². The van der Waals surface area contributed by atoms with E-state index in [0.717, 1.165) is 6.42 Å². The molecule has 0 aromatic carbocycles. The maximum Gasteiger partial charge on any atom is 0.122 e. The molecule has 0 saturated carbocycles. The van der Waals surface area contributed by atoms with Gasteiger partial charge in [0.2, 0.25) is 0 Å². The topological polar surface area (TPSA) is 0 Å². The van der Waals surface area contributed by atoms with Crippen LogP contribution in [0.5, 0.6) is 0 Å². The van der Waals surface area contributed by atoms with Crippen LogP contribution in [-0.2, 0) is 0 Å². The highest BCUT2D eigenvalue weighted by Crippen LogP contribution is 2.13. The van der Waals surface area contributed by atoms with E-state index in [1.807, 2.05) is 13.0 Å². The van der Waals surface area contributed by atoms with Crippen molar-refractivity contribution in [2.45, 2.75) is 27.2 Å². The Bertz CT molecular complexity index is 199. The first-order valence-electron chi connectivity index (χ1n) is 4.28. The van der Waals surface area contributed by atoms with Crippen molar-refractivity contribution in [3.8, 4) is 0 Å². The van der Waals surface area contributed by atoms with Gasteiger partial charge in [-0.25, -0.2) is 4.39 Å². The van der Waals surface area contributed by atoms with Crippen LogP contribution in [-0.4, -0.2) is 0 Å². The van der Waals surface area contributed by atoms with Gasteiger partial charge < -0.3 is 0 Å². The molecular weight excluding hydrogens is 151 g/mol. The highest BCUT2D eigenvalue weighted by Gasteiger charge is 1.98. The average Bonchev–Trinajstić information content (AvgIpc) is 2.11. The third kappa shape index (κ3) is 4.12. The fraction of sp³-hybridized carbons (Fsp3) is 0.455. The molecule has 0 heterocycles. The Labute approximate surface area is 74.5 Å². The van der Waals surface area contributed by atoms with Crippen molar-refractivity contribution in [1.82, 2.24) is 0 Å². The van der Waals surface area contributed by atoms with E-state index in [1.54, 1.807) is 0 Å². The normalized spacial score (nSPS) is 16.0. The average molecular weight is 168 g/mol. The van der Waals surface area contributed by atoms with Gasteiger partial charge in [0, 0.05) is 0 Å². The molecule has 0 aromatic rings. The summed E-state index contributed by atoms with van der Waals surface area (Å²) in [7, 11) is 0. The summed E-state index contributed by atoms with van der Waals surface area (Å²) in [6.45, 7) is 9.60. The molecule has 12 heavy (non-hydrogen) atoms. The van der Waals surface area contributed by atoms with Gasteiger partial charge in [-0.2, -0.15) is 0 Å². The fourth-order valence-corrected chi connectivity index (χ4v) is 0.765. The Hall–Kier alpha value is -0.850. The lowest BCUT2D eigenvalue weighted by Crippen LogP contribution is -1.92. The van der Waals surface area contributed by atoms with Gasteiger partial charge in [0.25, 0.3) is 0 Å². The molecule has 0 radical (unpaired) electrons. The molecule has 0 rings (SSSR count). The third-order valence-electron chi connectivity index (χ3n) is 2.09. The largest absolute Gasteiger partial charge is 0.207 e. The van der Waals surface area contributed by atoms with Gasteiger partial charge in [-0.1, -0.05) is 32.1 Å². The Kier molecular flexibility index (Phi) is 5.35. The number of hydrogen-bond donors (Lipinski definition) is 0. The molecule has 0 aliphatic carbocycles. The van der Waals surface area contributed by atoms with Gasteiger partial charge in [-0.3, -0.25) is 0 Å². The molecule has 68 valence electrons. The SMILES string of the molecule is C=CC(F)=CC=C(C)C(C)CC. The zero-order valence-corrected chi connectivity index (χ0v) is 8.10. The van der Waals surface area contributed by atoms with Crippen LogP contribution in [0.3, 0.4) is 0 Å². The Morgan fingerprint density at radius 2 is 2.08 bits per heavy atom. The van der Waals surface area contributed by atoms with Crippen molar-refractivity contribution < 1.29 is 4.39 Å². The summed E-state index contributed by atoms with van der Waals surface area (Å²) >= 11 is 0. The second-order valence-electron chi connectivity index (χ2n) is 2.98. The minimum atomic E-state index is -0.280. The second-order valence-corrected chi connectivity index (χ2v) is 2.98. The van der Waals surface area contributed by atoms with Crippen LogP contribution in [0.15, 0.2) is 36.2 Å². The molecule has 0 saturated heterocycles. The van der Waals surface area contributed by atoms with Gasteiger partial charge in [-0.05, 0) is 31.4 Å². The molecule has 1 heteroatoms. The molecular formula is C11H17F. The number of hydrogen-bond acceptors (Lipinski definition) is 0. The van der Waals surface area contributed by atoms with E-state index >= 15 is 0 Å². The first kappa shape index (κ1) is 11.2. The lowest BCUT2D eigenvalue weighted by atomic mass is 10.00. The minimum Gasteiger partial charge on any atom is -0.207 e. The van der Waals surface area contributed by atoms with Gasteiger partial charge in [0.1, 0.15) is 5.83 Å². The summed E-state index contributed by atoms with van der Waals surface area (Å²) < 4.78 is 12.6. The van der Waals surface area contributed by atoms with Gasteiger partial charge in [0.05, 0.1) is 0 Å². The van der Waals surface area contributed by atoms with Crippen LogP contribution in [0, 0.1) is 5.92 Å². The van der Waals surface area contributed by atoms with Crippen LogP contribution in [0.1, 0.15) is 27.2 Å². The number of halogens is 1. The third-order valence-corrected chi connectivity index (χ3v) is 2.09. The Morgan fingerprint density at radius 3 is 2.50 bits per heavy atom. The van der Waals surface area contributed by atoms with E-state index in [-0.39, 0.29) is 5.83 Å². The smallest absolute Gasteiger partial charge is 0.122 e. The molecule has 0 aliphatic rings. The summed E-state index contributed by atoms with van der Waals surface area (Å²) in [5, 5.41) is 0. The molecule has 0 aromatic heterocycles. The van der Waals surface area contributed by atoms with Crippen molar-refractivity contribution in [2.75, 3.05) is 0 Å². The van der Waals surface area contributed by atoms with E-state index < -0.39 is 0 Å². The van der Waals surface area contributed by atoms with E-state index in [1.165, 1.54) is 17.7 Å². The zero-order valence-electron chi connectivity index (χ0n) is 8.10. The Morgan fingerprint density at radius 1 is 1.50 bits per heavy atom. The first-order chi connectivity index (χ1) is 5.61. The van der Waals surface area contributed by atoms with E-state index in [0.29, 0.717) is 5.92 Å². The maximum atomic E-state index is 12.6. The van der Waals surface area contributed by atoms with Gasteiger partial charge in [-0.15, -0.1) is 0 Å². The first-order valence-corrected chi connectivity index (χ1v) is 4.28. The summed E-state index contributed by atoms with van der Waals surface area (Å²) in [5.41, 5.74) is 1.20. The van der Waals surface area contributed by atoms with Gasteiger partial charge >= 0.3 is 0 Å². The summed E-state index contributed by atoms with van der Waals surface area (Å²) in [4.78, 5) is 0. The fourth-order valence-electron chi connectivity index (χ4n) is 0.765. The van der Waals surface area contributed by atoms with Crippen LogP contribution in [0.2, 0.25) is 0 Å². The van der Waals surface area contributed by atoms with Crippen LogP contribution >= 0.6 is 0 Å². The van der Waals surface area contributed by atoms with Crippen molar-refractivity contribution in [1.29, 1.82) is 0 Å². The molecule has 0 fully saturated rings. The standard InChI is InChI=1S/C11H17F/c1-5-9(3)10(4)7-8-11(12)6-2/h6-9H,2,5H2,1,3-4H3.